The highest BCUT2D eigenvalue weighted by molar-refractivity contribution is 7.92. The minimum absolute atomic E-state index is 0.0114. The van der Waals surface area contributed by atoms with Crippen LogP contribution in [0.15, 0.2) is 48.7 Å². The van der Waals surface area contributed by atoms with E-state index in [1.54, 1.807) is 11.1 Å². The number of hydrogen-bond acceptors (Lipinski definition) is 4. The molecule has 1 amide bonds. The van der Waals surface area contributed by atoms with E-state index in [1.807, 2.05) is 37.3 Å². The van der Waals surface area contributed by atoms with Gasteiger partial charge < -0.3 is 4.90 Å². The standard InChI is InChI=1S/C24H30N2O3S/c1-19-21(10-7-13-25-19)18-26-14-15-30(28,29)24(17-23(26)27)12-6-5-11-22(24)16-20-8-3-2-4-9-20/h2-4,7-10,13,22H,5-6,11-12,14-18H2,1H3/t22-,24-/m0/s1. The number of sulfone groups is 1. The molecule has 1 aliphatic carbocycles. The van der Waals surface area contributed by atoms with Gasteiger partial charge in [-0.2, -0.15) is 0 Å². The molecule has 2 heterocycles. The van der Waals surface area contributed by atoms with Gasteiger partial charge in [0.1, 0.15) is 0 Å². The number of carbonyl (C=O) groups excluding carboxylic acids is 1. The first kappa shape index (κ1) is 21.0. The van der Waals surface area contributed by atoms with E-state index >= 15 is 0 Å². The molecule has 0 bridgehead atoms. The lowest BCUT2D eigenvalue weighted by molar-refractivity contribution is -0.132. The van der Waals surface area contributed by atoms with E-state index in [0.717, 1.165) is 42.5 Å². The first-order valence-electron chi connectivity index (χ1n) is 10.9. The quantitative estimate of drug-likeness (QED) is 0.747. The van der Waals surface area contributed by atoms with Gasteiger partial charge in [-0.05, 0) is 49.3 Å². The number of aryl methyl sites for hydroxylation is 1. The van der Waals surface area contributed by atoms with Crippen molar-refractivity contribution >= 4 is 15.7 Å². The number of rotatable bonds is 4. The molecule has 1 aromatic carbocycles. The molecule has 1 aromatic heterocycles. The SMILES string of the molecule is Cc1ncccc1CN1CCS(=O)(=O)[C@@]2(CCCC[C@H]2Cc2ccccc2)CC1=O. The van der Waals surface area contributed by atoms with E-state index in [-0.39, 0.29) is 30.5 Å². The molecule has 0 unspecified atom stereocenters. The molecule has 0 radical (unpaired) electrons. The lowest BCUT2D eigenvalue weighted by Gasteiger charge is -2.42. The Hall–Kier alpha value is -2.21. The van der Waals surface area contributed by atoms with Gasteiger partial charge in [0.05, 0.1) is 10.5 Å². The third-order valence-electron chi connectivity index (χ3n) is 7.00. The largest absolute Gasteiger partial charge is 0.337 e. The Morgan fingerprint density at radius 1 is 1.13 bits per heavy atom. The minimum Gasteiger partial charge on any atom is -0.337 e. The van der Waals surface area contributed by atoms with Gasteiger partial charge >= 0.3 is 0 Å². The third-order valence-corrected chi connectivity index (χ3v) is 9.64. The van der Waals surface area contributed by atoms with Crippen molar-refractivity contribution in [1.29, 1.82) is 0 Å². The van der Waals surface area contributed by atoms with Crippen LogP contribution < -0.4 is 0 Å². The first-order chi connectivity index (χ1) is 14.4. The van der Waals surface area contributed by atoms with Crippen molar-refractivity contribution in [2.45, 2.75) is 56.7 Å². The highest BCUT2D eigenvalue weighted by atomic mass is 32.2. The summed E-state index contributed by atoms with van der Waals surface area (Å²) in [4.78, 5) is 19.4. The molecule has 1 saturated heterocycles. The molecular weight excluding hydrogens is 396 g/mol. The van der Waals surface area contributed by atoms with Crippen molar-refractivity contribution in [1.82, 2.24) is 9.88 Å². The van der Waals surface area contributed by atoms with Gasteiger partial charge in [-0.25, -0.2) is 8.42 Å². The fraction of sp³-hybridized carbons (Fsp3) is 0.500. The van der Waals surface area contributed by atoms with Crippen LogP contribution in [0.2, 0.25) is 0 Å². The highest BCUT2D eigenvalue weighted by Gasteiger charge is 2.53. The van der Waals surface area contributed by atoms with Gasteiger partial charge in [-0.1, -0.05) is 49.2 Å². The van der Waals surface area contributed by atoms with E-state index in [4.69, 9.17) is 0 Å². The maximum Gasteiger partial charge on any atom is 0.224 e. The number of carbonyl (C=O) groups is 1. The molecule has 5 nitrogen and oxygen atoms in total. The number of nitrogens with zero attached hydrogens (tertiary/aromatic N) is 2. The molecule has 2 fully saturated rings. The monoisotopic (exact) mass is 426 g/mol. The van der Waals surface area contributed by atoms with Crippen molar-refractivity contribution < 1.29 is 13.2 Å². The molecule has 2 aromatic rings. The van der Waals surface area contributed by atoms with Crippen LogP contribution >= 0.6 is 0 Å². The fourth-order valence-electron chi connectivity index (χ4n) is 5.20. The zero-order valence-electron chi connectivity index (χ0n) is 17.6. The van der Waals surface area contributed by atoms with Gasteiger partial charge in [0.2, 0.25) is 5.91 Å². The number of amides is 1. The summed E-state index contributed by atoms with van der Waals surface area (Å²) in [7, 11) is -3.40. The average Bonchev–Trinajstić information content (AvgIpc) is 2.82. The second-order valence-electron chi connectivity index (χ2n) is 8.76. The summed E-state index contributed by atoms with van der Waals surface area (Å²) < 4.78 is 26.3. The summed E-state index contributed by atoms with van der Waals surface area (Å²) in [5, 5.41) is 0. The summed E-state index contributed by atoms with van der Waals surface area (Å²) in [6.07, 6.45) is 5.92. The smallest absolute Gasteiger partial charge is 0.224 e. The summed E-state index contributed by atoms with van der Waals surface area (Å²) in [6.45, 7) is 2.61. The average molecular weight is 427 g/mol. The Morgan fingerprint density at radius 2 is 1.93 bits per heavy atom. The minimum atomic E-state index is -3.40. The Balaban J connectivity index is 1.63. The van der Waals surface area contributed by atoms with Crippen LogP contribution in [0.3, 0.4) is 0 Å². The number of hydrogen-bond donors (Lipinski definition) is 0. The van der Waals surface area contributed by atoms with Gasteiger partial charge in [-0.3, -0.25) is 9.78 Å². The van der Waals surface area contributed by atoms with E-state index < -0.39 is 14.6 Å². The van der Waals surface area contributed by atoms with Gasteiger partial charge in [-0.15, -0.1) is 0 Å². The van der Waals surface area contributed by atoms with Crippen LogP contribution in [-0.4, -0.2) is 41.3 Å². The van der Waals surface area contributed by atoms with Gasteiger partial charge in [0.25, 0.3) is 0 Å². The Morgan fingerprint density at radius 3 is 2.70 bits per heavy atom. The number of pyridine rings is 1. The lowest BCUT2D eigenvalue weighted by atomic mass is 9.73. The first-order valence-corrected chi connectivity index (χ1v) is 12.5. The van der Waals surface area contributed by atoms with Crippen molar-refractivity contribution in [3.63, 3.8) is 0 Å². The molecule has 1 spiro atoms. The molecule has 4 rings (SSSR count). The summed E-state index contributed by atoms with van der Waals surface area (Å²) in [6, 6.07) is 13.9. The second-order valence-corrected chi connectivity index (χ2v) is 11.2. The van der Waals surface area contributed by atoms with Crippen molar-refractivity contribution in [2.24, 2.45) is 5.92 Å². The Kier molecular flexibility index (Phi) is 5.96. The van der Waals surface area contributed by atoms with Crippen LogP contribution in [0, 0.1) is 12.8 Å². The molecule has 0 N–H and O–H groups in total. The Bertz CT molecular complexity index is 1010. The van der Waals surface area contributed by atoms with E-state index in [0.29, 0.717) is 13.0 Å². The van der Waals surface area contributed by atoms with Crippen LogP contribution in [0.5, 0.6) is 0 Å². The zero-order chi connectivity index (χ0) is 21.2. The van der Waals surface area contributed by atoms with Crippen molar-refractivity contribution in [3.8, 4) is 0 Å². The Labute approximate surface area is 179 Å². The molecular formula is C24H30N2O3S. The molecule has 30 heavy (non-hydrogen) atoms. The van der Waals surface area contributed by atoms with Crippen molar-refractivity contribution in [3.05, 3.63) is 65.5 Å². The summed E-state index contributed by atoms with van der Waals surface area (Å²) in [5.41, 5.74) is 3.01. The van der Waals surface area contributed by atoms with E-state index in [2.05, 4.69) is 17.1 Å². The van der Waals surface area contributed by atoms with Crippen LogP contribution in [-0.2, 0) is 27.6 Å². The number of aromatic nitrogens is 1. The van der Waals surface area contributed by atoms with E-state index in [1.165, 1.54) is 0 Å². The predicted octanol–water partition coefficient (Wildman–Crippen LogP) is 3.71. The molecule has 1 aliphatic heterocycles. The van der Waals surface area contributed by atoms with Crippen LogP contribution in [0.4, 0.5) is 0 Å². The predicted molar refractivity (Wildman–Crippen MR) is 118 cm³/mol. The summed E-state index contributed by atoms with van der Waals surface area (Å²) >= 11 is 0. The molecule has 2 aliphatic rings. The molecule has 2 atom stereocenters. The van der Waals surface area contributed by atoms with Crippen LogP contribution in [0.1, 0.15) is 48.9 Å². The second kappa shape index (κ2) is 8.50. The van der Waals surface area contributed by atoms with Gasteiger partial charge in [0.15, 0.2) is 9.84 Å². The fourth-order valence-corrected chi connectivity index (χ4v) is 7.58. The lowest BCUT2D eigenvalue weighted by Crippen LogP contribution is -2.50. The zero-order valence-corrected chi connectivity index (χ0v) is 18.4. The summed E-state index contributed by atoms with van der Waals surface area (Å²) in [5.74, 6) is -0.00875. The molecule has 1 saturated carbocycles. The topological polar surface area (TPSA) is 67.3 Å². The molecule has 6 heteroatoms. The van der Waals surface area contributed by atoms with Crippen molar-refractivity contribution in [2.75, 3.05) is 12.3 Å². The van der Waals surface area contributed by atoms with Crippen LogP contribution in [0.25, 0.3) is 0 Å². The normalized spacial score (nSPS) is 26.5. The maximum absolute atomic E-state index is 13.6. The third kappa shape index (κ3) is 4.02. The van der Waals surface area contributed by atoms with E-state index in [9.17, 15) is 13.2 Å². The van der Waals surface area contributed by atoms with Gasteiger partial charge in [0, 0.05) is 31.4 Å². The maximum atomic E-state index is 13.6. The molecule has 160 valence electrons. The highest BCUT2D eigenvalue weighted by Crippen LogP contribution is 2.46. The number of benzene rings is 1.